The minimum absolute atomic E-state index is 0.0581. The van der Waals surface area contributed by atoms with Crippen LogP contribution in [-0.4, -0.2) is 45.0 Å². The molecule has 0 radical (unpaired) electrons. The first-order valence-electron chi connectivity index (χ1n) is 11.8. The van der Waals surface area contributed by atoms with Crippen LogP contribution in [0.25, 0.3) is 12.2 Å². The molecular formula is C29H26N2O5. The van der Waals surface area contributed by atoms with Gasteiger partial charge in [-0.2, -0.15) is 0 Å². The van der Waals surface area contributed by atoms with E-state index in [1.807, 2.05) is 97.1 Å². The lowest BCUT2D eigenvalue weighted by atomic mass is 9.79. The number of fused-ring (bicyclic) bond motifs is 1. The van der Waals surface area contributed by atoms with Crippen LogP contribution >= 0.6 is 0 Å². The second-order valence-corrected chi connectivity index (χ2v) is 9.22. The molecule has 0 aliphatic carbocycles. The summed E-state index contributed by atoms with van der Waals surface area (Å²) in [5.74, 6) is -4.51. The number of likely N-dealkylation sites (tertiary alicyclic amines) is 1. The van der Waals surface area contributed by atoms with Gasteiger partial charge in [-0.05, 0) is 22.3 Å². The van der Waals surface area contributed by atoms with Crippen LogP contribution in [0.15, 0.2) is 84.9 Å². The second kappa shape index (κ2) is 9.53. The van der Waals surface area contributed by atoms with Crippen molar-refractivity contribution < 1.29 is 24.6 Å². The molecule has 7 heteroatoms. The highest BCUT2D eigenvalue weighted by atomic mass is 16.4. The molecule has 4 atom stereocenters. The number of benzene rings is 3. The fourth-order valence-corrected chi connectivity index (χ4v) is 5.25. The van der Waals surface area contributed by atoms with Crippen LogP contribution in [0.4, 0.5) is 0 Å². The number of carboxylic acids is 1. The van der Waals surface area contributed by atoms with Crippen molar-refractivity contribution in [2.75, 3.05) is 6.61 Å². The zero-order chi connectivity index (χ0) is 25.3. The first-order valence-corrected chi connectivity index (χ1v) is 11.8. The summed E-state index contributed by atoms with van der Waals surface area (Å²) in [6.07, 6.45) is 3.95. The first kappa shape index (κ1) is 23.7. The highest BCUT2D eigenvalue weighted by Gasteiger charge is 2.68. The Morgan fingerprint density at radius 1 is 0.861 bits per heavy atom. The summed E-state index contributed by atoms with van der Waals surface area (Å²) < 4.78 is 0. The molecule has 3 aromatic rings. The predicted molar refractivity (Wildman–Crippen MR) is 134 cm³/mol. The molecule has 3 aromatic carbocycles. The molecule has 2 aliphatic rings. The van der Waals surface area contributed by atoms with Gasteiger partial charge >= 0.3 is 5.97 Å². The number of imide groups is 1. The number of aliphatic carboxylic acids is 1. The van der Waals surface area contributed by atoms with E-state index in [0.29, 0.717) is 5.56 Å². The van der Waals surface area contributed by atoms with Gasteiger partial charge in [-0.3, -0.25) is 24.6 Å². The lowest BCUT2D eigenvalue weighted by Crippen LogP contribution is -2.58. The quantitative estimate of drug-likeness (QED) is 0.353. The van der Waals surface area contributed by atoms with E-state index in [9.17, 15) is 24.6 Å². The molecule has 0 bridgehead atoms. The molecule has 182 valence electrons. The fourth-order valence-electron chi connectivity index (χ4n) is 5.25. The van der Waals surface area contributed by atoms with Crippen LogP contribution in [0.3, 0.4) is 0 Å². The largest absolute Gasteiger partial charge is 0.480 e. The molecule has 36 heavy (non-hydrogen) atoms. The normalized spacial score (nSPS) is 25.5. The van der Waals surface area contributed by atoms with Crippen molar-refractivity contribution in [3.05, 3.63) is 107 Å². The van der Waals surface area contributed by atoms with E-state index in [1.165, 1.54) is 0 Å². The smallest absolute Gasteiger partial charge is 0.327 e. The number of carbonyl (C=O) groups excluding carboxylic acids is 2. The van der Waals surface area contributed by atoms with Crippen molar-refractivity contribution in [1.29, 1.82) is 0 Å². The van der Waals surface area contributed by atoms with Crippen LogP contribution in [0.1, 0.15) is 28.3 Å². The summed E-state index contributed by atoms with van der Waals surface area (Å²) in [6.45, 7) is -0.751. The zero-order valence-corrected chi connectivity index (χ0v) is 19.5. The first-order chi connectivity index (χ1) is 17.4. The van der Waals surface area contributed by atoms with E-state index in [0.717, 1.165) is 21.6 Å². The van der Waals surface area contributed by atoms with Gasteiger partial charge in [-0.25, -0.2) is 0 Å². The summed E-state index contributed by atoms with van der Waals surface area (Å²) in [5.41, 5.74) is 1.50. The van der Waals surface area contributed by atoms with Gasteiger partial charge in [0, 0.05) is 6.04 Å². The molecule has 3 N–H and O–H groups in total. The molecule has 0 saturated carbocycles. The molecule has 0 spiro atoms. The molecule has 2 fully saturated rings. The highest BCUT2D eigenvalue weighted by Crippen LogP contribution is 2.49. The number of aliphatic hydroxyl groups is 1. The summed E-state index contributed by atoms with van der Waals surface area (Å²) in [5, 5.41) is 23.2. The third-order valence-electron chi connectivity index (χ3n) is 7.12. The van der Waals surface area contributed by atoms with Crippen LogP contribution in [-0.2, 0) is 20.9 Å². The van der Waals surface area contributed by atoms with E-state index < -0.39 is 47.8 Å². The minimum atomic E-state index is -1.95. The van der Waals surface area contributed by atoms with Crippen LogP contribution < -0.4 is 5.32 Å². The molecule has 2 amide bonds. The lowest BCUT2D eigenvalue weighted by molar-refractivity contribution is -0.153. The van der Waals surface area contributed by atoms with Crippen molar-refractivity contribution in [2.24, 2.45) is 11.8 Å². The maximum absolute atomic E-state index is 13.5. The maximum Gasteiger partial charge on any atom is 0.327 e. The van der Waals surface area contributed by atoms with Gasteiger partial charge in [-0.15, -0.1) is 0 Å². The Kier molecular flexibility index (Phi) is 6.26. The molecule has 7 nitrogen and oxygen atoms in total. The molecule has 2 saturated heterocycles. The topological polar surface area (TPSA) is 107 Å². The predicted octanol–water partition coefficient (Wildman–Crippen LogP) is 3.12. The number of rotatable bonds is 7. The van der Waals surface area contributed by atoms with E-state index in [4.69, 9.17) is 0 Å². The average Bonchev–Trinajstić information content (AvgIpc) is 3.39. The minimum Gasteiger partial charge on any atom is -0.480 e. The Bertz CT molecular complexity index is 1310. The number of carbonyl (C=O) groups is 3. The number of amides is 2. The van der Waals surface area contributed by atoms with Crippen LogP contribution in [0.2, 0.25) is 0 Å². The number of carboxylic acid groups (broad SMARTS) is 1. The summed E-state index contributed by atoms with van der Waals surface area (Å²) in [6, 6.07) is 25.6. The molecular weight excluding hydrogens is 456 g/mol. The van der Waals surface area contributed by atoms with Gasteiger partial charge in [0.1, 0.15) is 0 Å². The van der Waals surface area contributed by atoms with E-state index in [-0.39, 0.29) is 6.54 Å². The van der Waals surface area contributed by atoms with Gasteiger partial charge in [0.2, 0.25) is 11.8 Å². The van der Waals surface area contributed by atoms with Crippen molar-refractivity contribution >= 4 is 29.9 Å². The molecule has 4 unspecified atom stereocenters. The van der Waals surface area contributed by atoms with Crippen molar-refractivity contribution in [2.45, 2.75) is 18.1 Å². The highest BCUT2D eigenvalue weighted by molar-refractivity contribution is 6.09. The van der Waals surface area contributed by atoms with Gasteiger partial charge in [-0.1, -0.05) is 97.1 Å². The van der Waals surface area contributed by atoms with E-state index >= 15 is 0 Å². The lowest BCUT2D eigenvalue weighted by Gasteiger charge is -2.29. The Balaban J connectivity index is 1.46. The number of aliphatic hydroxyl groups excluding tert-OH is 1. The summed E-state index contributed by atoms with van der Waals surface area (Å²) >= 11 is 0. The van der Waals surface area contributed by atoms with Crippen LogP contribution in [0, 0.1) is 11.8 Å². The van der Waals surface area contributed by atoms with Crippen LogP contribution in [0.5, 0.6) is 0 Å². The van der Waals surface area contributed by atoms with Crippen molar-refractivity contribution in [1.82, 2.24) is 10.2 Å². The van der Waals surface area contributed by atoms with Gasteiger partial charge in [0.25, 0.3) is 0 Å². The third kappa shape index (κ3) is 4.02. The monoisotopic (exact) mass is 482 g/mol. The Morgan fingerprint density at radius 3 is 2.03 bits per heavy atom. The third-order valence-corrected chi connectivity index (χ3v) is 7.12. The summed E-state index contributed by atoms with van der Waals surface area (Å²) in [4.78, 5) is 40.4. The number of hydrogen-bond acceptors (Lipinski definition) is 5. The number of nitrogens with zero attached hydrogens (tertiary/aromatic N) is 1. The number of nitrogens with one attached hydrogen (secondary N) is 1. The average molecular weight is 483 g/mol. The molecule has 2 aliphatic heterocycles. The van der Waals surface area contributed by atoms with Gasteiger partial charge < -0.3 is 10.2 Å². The SMILES string of the molecule is O=C1C2C(c3ccc(/C=C/c4ccccc4)cc3)NC(CO)(C(=O)O)C2C(=O)N1Cc1ccccc1. The molecule has 5 rings (SSSR count). The Morgan fingerprint density at radius 2 is 1.44 bits per heavy atom. The van der Waals surface area contributed by atoms with Gasteiger partial charge in [0.05, 0.1) is 25.0 Å². The Labute approximate surface area is 208 Å². The van der Waals surface area contributed by atoms with Crippen molar-refractivity contribution in [3.8, 4) is 0 Å². The maximum atomic E-state index is 13.5. The molecule has 2 heterocycles. The molecule has 0 aromatic heterocycles. The summed E-state index contributed by atoms with van der Waals surface area (Å²) in [7, 11) is 0. The van der Waals surface area contributed by atoms with E-state index in [1.54, 1.807) is 0 Å². The number of hydrogen-bond donors (Lipinski definition) is 3. The van der Waals surface area contributed by atoms with Crippen molar-refractivity contribution in [3.63, 3.8) is 0 Å². The zero-order valence-electron chi connectivity index (χ0n) is 19.5. The second-order valence-electron chi connectivity index (χ2n) is 9.22. The Hall–Kier alpha value is -4.07. The fraction of sp³-hybridized carbons (Fsp3) is 0.207. The standard InChI is InChI=1S/C29H26N2O5/c32-18-29(28(35)36)24-23(26(33)31(27(24)34)17-21-9-5-2-6-10-21)25(30-29)22-15-13-20(14-16-22)12-11-19-7-3-1-4-8-19/h1-16,23-25,30,32H,17-18H2,(H,35,36)/b12-11+. The van der Waals surface area contributed by atoms with Gasteiger partial charge in [0.15, 0.2) is 5.54 Å². The van der Waals surface area contributed by atoms with E-state index in [2.05, 4.69) is 5.32 Å².